The van der Waals surface area contributed by atoms with E-state index in [0.717, 1.165) is 29.7 Å². The number of benzene rings is 4. The fourth-order valence-corrected chi connectivity index (χ4v) is 6.88. The van der Waals surface area contributed by atoms with Crippen LogP contribution in [0, 0.1) is 25.3 Å². The van der Waals surface area contributed by atoms with E-state index in [-0.39, 0.29) is 0 Å². The van der Waals surface area contributed by atoms with E-state index in [2.05, 4.69) is 106 Å². The number of fused-ring (bicyclic) bond motifs is 5. The van der Waals surface area contributed by atoms with Crippen LogP contribution in [0.25, 0.3) is 48.4 Å². The Morgan fingerprint density at radius 3 is 2.37 bits per heavy atom. The van der Waals surface area contributed by atoms with Crippen LogP contribution >= 0.6 is 0 Å². The number of ether oxygens (including phenoxy) is 1. The second-order valence-electron chi connectivity index (χ2n) is 13.5. The van der Waals surface area contributed by atoms with Crippen molar-refractivity contribution in [2.75, 3.05) is 0 Å². The highest BCUT2D eigenvalue weighted by atomic mass is 16.5. The second kappa shape index (κ2) is 9.88. The molecule has 0 fully saturated rings. The summed E-state index contributed by atoms with van der Waals surface area (Å²) in [5.41, 5.74) is 7.17. The normalized spacial score (nSPS) is 12.8. The van der Waals surface area contributed by atoms with E-state index < -0.39 is 5.54 Å². The van der Waals surface area contributed by atoms with Gasteiger partial charge in [-0.25, -0.2) is 11.1 Å². The molecule has 0 radical (unpaired) electrons. The van der Waals surface area contributed by atoms with Crippen molar-refractivity contribution >= 4 is 32.3 Å². The van der Waals surface area contributed by atoms with E-state index in [1.165, 1.54) is 60.4 Å². The minimum absolute atomic E-state index is 0.462. The molecule has 0 aliphatic carbocycles. The van der Waals surface area contributed by atoms with Crippen molar-refractivity contribution < 1.29 is 9.30 Å². The molecule has 3 heteroatoms. The molecule has 2 heterocycles. The summed E-state index contributed by atoms with van der Waals surface area (Å²) < 4.78 is 9.31. The fraction of sp³-hybridized carbons (Fsp3) is 0.368. The molecule has 0 bridgehead atoms. The third-order valence-corrected chi connectivity index (χ3v) is 8.63. The van der Waals surface area contributed by atoms with E-state index in [1.54, 1.807) is 0 Å². The number of hydrogen-bond donors (Lipinski definition) is 0. The Bertz CT molecular complexity index is 1900. The van der Waals surface area contributed by atoms with Gasteiger partial charge in [0.1, 0.15) is 18.5 Å². The summed E-state index contributed by atoms with van der Waals surface area (Å²) in [6.45, 7) is 23.3. The Morgan fingerprint density at radius 1 is 0.902 bits per heavy atom. The SMILES string of the molecule is [C-]#[N+]C(C)(C)Cc1cccc2cc3c4c([n+](C)ccc4c12)-c1c(c(CC(C)C)c2ccc(CC(C)C)cc2c1C)O3. The van der Waals surface area contributed by atoms with Crippen LogP contribution in [-0.4, -0.2) is 5.54 Å². The molecule has 1 aliphatic heterocycles. The van der Waals surface area contributed by atoms with Gasteiger partial charge >= 0.3 is 0 Å². The van der Waals surface area contributed by atoms with Gasteiger partial charge in [0.2, 0.25) is 11.2 Å². The van der Waals surface area contributed by atoms with Crippen LogP contribution in [0.15, 0.2) is 54.7 Å². The first-order valence-electron chi connectivity index (χ1n) is 15.0. The van der Waals surface area contributed by atoms with Gasteiger partial charge in [-0.05, 0) is 75.9 Å². The van der Waals surface area contributed by atoms with E-state index in [9.17, 15) is 0 Å². The first-order valence-corrected chi connectivity index (χ1v) is 15.0. The van der Waals surface area contributed by atoms with Gasteiger partial charge in [-0.2, -0.15) is 0 Å². The lowest BCUT2D eigenvalue weighted by Gasteiger charge is -2.27. The average Bonchev–Trinajstić information content (AvgIpc) is 2.91. The van der Waals surface area contributed by atoms with Crippen molar-refractivity contribution in [1.82, 2.24) is 0 Å². The molecule has 0 amide bonds. The van der Waals surface area contributed by atoms with E-state index in [1.807, 2.05) is 13.8 Å². The first-order chi connectivity index (χ1) is 19.5. The van der Waals surface area contributed by atoms with Gasteiger partial charge in [0.05, 0.1) is 17.4 Å². The number of rotatable bonds is 6. The molecule has 0 spiro atoms. The summed E-state index contributed by atoms with van der Waals surface area (Å²) in [6, 6.07) is 18.0. The van der Waals surface area contributed by atoms with Crippen LogP contribution in [-0.2, 0) is 26.3 Å². The summed E-state index contributed by atoms with van der Waals surface area (Å²) in [7, 11) is 2.16. The van der Waals surface area contributed by atoms with Gasteiger partial charge in [0.25, 0.3) is 0 Å². The van der Waals surface area contributed by atoms with Crippen LogP contribution in [0.1, 0.15) is 63.8 Å². The topological polar surface area (TPSA) is 17.5 Å². The maximum atomic E-state index is 7.75. The number of aryl methyl sites for hydroxylation is 2. The summed E-state index contributed by atoms with van der Waals surface area (Å²) in [5, 5.41) is 7.41. The third-order valence-electron chi connectivity index (χ3n) is 8.63. The Hall–Kier alpha value is -3.90. The van der Waals surface area contributed by atoms with Gasteiger partial charge in [-0.15, -0.1) is 0 Å². The quantitative estimate of drug-likeness (QED) is 0.117. The lowest BCUT2D eigenvalue weighted by molar-refractivity contribution is -0.659. The van der Waals surface area contributed by atoms with Crippen LogP contribution in [0.2, 0.25) is 0 Å². The van der Waals surface area contributed by atoms with Crippen molar-refractivity contribution in [3.05, 3.63) is 88.4 Å². The van der Waals surface area contributed by atoms with Crippen molar-refractivity contribution in [3.8, 4) is 22.8 Å². The molecule has 41 heavy (non-hydrogen) atoms. The van der Waals surface area contributed by atoms with Crippen LogP contribution in [0.4, 0.5) is 0 Å². The summed E-state index contributed by atoms with van der Waals surface area (Å²) >= 11 is 0. The zero-order chi connectivity index (χ0) is 29.2. The lowest BCUT2D eigenvalue weighted by Crippen LogP contribution is -2.32. The number of pyridine rings is 1. The Labute approximate surface area is 244 Å². The van der Waals surface area contributed by atoms with Crippen LogP contribution in [0.3, 0.4) is 0 Å². The Balaban J connectivity index is 1.73. The van der Waals surface area contributed by atoms with Gasteiger partial charge in [0, 0.05) is 30.9 Å². The van der Waals surface area contributed by atoms with Crippen molar-refractivity contribution in [3.63, 3.8) is 0 Å². The van der Waals surface area contributed by atoms with Gasteiger partial charge in [-0.1, -0.05) is 64.1 Å². The summed E-state index contributed by atoms with van der Waals surface area (Å²) in [5.74, 6) is 3.05. The summed E-state index contributed by atoms with van der Waals surface area (Å²) in [4.78, 5) is 3.93. The molecule has 6 rings (SSSR count). The minimum atomic E-state index is -0.462. The second-order valence-corrected chi connectivity index (χ2v) is 13.5. The lowest BCUT2D eigenvalue weighted by atomic mass is 9.84. The predicted octanol–water partition coefficient (Wildman–Crippen LogP) is 9.69. The molecule has 3 nitrogen and oxygen atoms in total. The van der Waals surface area contributed by atoms with Gasteiger partial charge < -0.3 is 9.58 Å². The van der Waals surface area contributed by atoms with E-state index in [4.69, 9.17) is 11.3 Å². The van der Waals surface area contributed by atoms with Crippen molar-refractivity contribution in [1.29, 1.82) is 0 Å². The number of hydrogen-bond acceptors (Lipinski definition) is 1. The zero-order valence-corrected chi connectivity index (χ0v) is 25.8. The molecule has 1 aliphatic rings. The summed E-state index contributed by atoms with van der Waals surface area (Å²) in [6.07, 6.45) is 4.94. The molecule has 0 atom stereocenters. The predicted molar refractivity (Wildman–Crippen MR) is 172 cm³/mol. The molecule has 0 unspecified atom stereocenters. The van der Waals surface area contributed by atoms with Crippen LogP contribution in [0.5, 0.6) is 11.5 Å². The highest BCUT2D eigenvalue weighted by Crippen LogP contribution is 2.52. The monoisotopic (exact) mass is 541 g/mol. The standard InChI is InChI=1S/C38H41N2O/c1-22(2)17-25-13-14-28-30(19-25)24(5)33-36-35-29(15-16-40(36)9)34-26(11-10-12-27(34)21-38(6,7)39-8)20-32(35)41-37(33)31(28)18-23(3)4/h10-16,19-20,22-23H,17-18,21H2,1-7,9H3/q+1. The largest absolute Gasteiger partial charge is 0.455 e. The highest BCUT2D eigenvalue weighted by molar-refractivity contribution is 6.17. The molecule has 0 N–H and O–H groups in total. The number of nitrogens with zero attached hydrogens (tertiary/aromatic N) is 2. The zero-order valence-electron chi connectivity index (χ0n) is 25.8. The van der Waals surface area contributed by atoms with E-state index in [0.29, 0.717) is 18.3 Å². The molecule has 1 aromatic heterocycles. The molecule has 208 valence electrons. The maximum absolute atomic E-state index is 7.75. The molecular weight excluding hydrogens is 500 g/mol. The van der Waals surface area contributed by atoms with E-state index >= 15 is 0 Å². The Kier molecular flexibility index (Phi) is 6.57. The van der Waals surface area contributed by atoms with Crippen LogP contribution < -0.4 is 9.30 Å². The average molecular weight is 542 g/mol. The minimum Gasteiger partial charge on any atom is -0.455 e. The van der Waals surface area contributed by atoms with Gasteiger partial charge in [-0.3, -0.25) is 0 Å². The molecule has 0 saturated heterocycles. The maximum Gasteiger partial charge on any atom is 0.231 e. The highest BCUT2D eigenvalue weighted by Gasteiger charge is 2.34. The molecular formula is C38H41N2O+. The van der Waals surface area contributed by atoms with Crippen molar-refractivity contribution in [2.24, 2.45) is 18.9 Å². The first kappa shape index (κ1) is 27.3. The molecule has 0 saturated carbocycles. The smallest absolute Gasteiger partial charge is 0.231 e. The Morgan fingerprint density at radius 2 is 1.66 bits per heavy atom. The van der Waals surface area contributed by atoms with Gasteiger partial charge in [0.15, 0.2) is 6.20 Å². The van der Waals surface area contributed by atoms with Crippen molar-refractivity contribution in [2.45, 2.75) is 73.3 Å². The third kappa shape index (κ3) is 4.55. The molecule has 4 aromatic carbocycles. The fourth-order valence-electron chi connectivity index (χ4n) is 6.88. The number of aromatic nitrogens is 1. The molecule has 5 aromatic rings.